The Morgan fingerprint density at radius 1 is 1.75 bits per heavy atom. The van der Waals surface area contributed by atoms with Crippen LogP contribution in [0.25, 0.3) is 0 Å². The highest BCUT2D eigenvalue weighted by Crippen LogP contribution is 2.00. The fourth-order valence-corrected chi connectivity index (χ4v) is 0.875. The summed E-state index contributed by atoms with van der Waals surface area (Å²) in [7, 11) is 1.91. The van der Waals surface area contributed by atoms with Crippen molar-refractivity contribution >= 4 is 5.82 Å². The molecule has 0 spiro atoms. The fraction of sp³-hybridized carbons (Fsp3) is 0.667. The maximum Gasteiger partial charge on any atom is 0.184 e. The zero-order valence-corrected chi connectivity index (χ0v) is 7.12. The van der Waals surface area contributed by atoms with Gasteiger partial charge in [-0.05, 0) is 20.0 Å². The van der Waals surface area contributed by atoms with E-state index in [1.54, 1.807) is 11.2 Å². The van der Waals surface area contributed by atoms with Gasteiger partial charge in [0.15, 0.2) is 5.82 Å². The lowest BCUT2D eigenvalue weighted by molar-refractivity contribution is 0.691. The number of nitrogens with one attached hydrogen (secondary N) is 2. The first-order chi connectivity index (χ1) is 5.84. The smallest absolute Gasteiger partial charge is 0.184 e. The summed E-state index contributed by atoms with van der Waals surface area (Å²) in [6, 6.07) is 0. The summed E-state index contributed by atoms with van der Waals surface area (Å²) >= 11 is 0. The van der Waals surface area contributed by atoms with Gasteiger partial charge in [0.05, 0.1) is 6.20 Å². The lowest BCUT2D eigenvalue weighted by Crippen LogP contribution is -2.33. The molecular formula is C6H14N6. The third-order valence-corrected chi connectivity index (χ3v) is 1.52. The van der Waals surface area contributed by atoms with E-state index in [-0.39, 0.29) is 0 Å². The summed E-state index contributed by atoms with van der Waals surface area (Å²) in [6.45, 7) is 1.72. The summed E-state index contributed by atoms with van der Waals surface area (Å²) in [5, 5.41) is 14.6. The first kappa shape index (κ1) is 8.95. The molecule has 0 aromatic carbocycles. The number of hydrogen-bond donors (Lipinski definition) is 3. The Morgan fingerprint density at radius 2 is 2.58 bits per heavy atom. The van der Waals surface area contributed by atoms with Gasteiger partial charge < -0.3 is 5.32 Å². The highest BCUT2D eigenvalue weighted by molar-refractivity contribution is 5.30. The van der Waals surface area contributed by atoms with Crippen LogP contribution in [-0.2, 0) is 0 Å². The Labute approximate surface area is 71.1 Å². The van der Waals surface area contributed by atoms with E-state index in [1.807, 2.05) is 7.05 Å². The molecule has 0 bridgehead atoms. The molecule has 4 N–H and O–H groups in total. The van der Waals surface area contributed by atoms with Crippen molar-refractivity contribution in [2.24, 2.45) is 5.84 Å². The largest absolute Gasteiger partial charge is 0.320 e. The summed E-state index contributed by atoms with van der Waals surface area (Å²) in [6.07, 6.45) is 2.58. The average molecular weight is 170 g/mol. The van der Waals surface area contributed by atoms with Crippen LogP contribution in [0.4, 0.5) is 5.82 Å². The third kappa shape index (κ3) is 2.48. The maximum absolute atomic E-state index is 5.66. The van der Waals surface area contributed by atoms with E-state index in [0.29, 0.717) is 5.82 Å². The number of rotatable bonds is 5. The number of hydrazine groups is 1. The fourth-order valence-electron chi connectivity index (χ4n) is 0.875. The normalized spacial score (nSPS) is 10.2. The molecule has 12 heavy (non-hydrogen) atoms. The molecule has 0 atom stereocenters. The van der Waals surface area contributed by atoms with Gasteiger partial charge in [-0.25, -0.2) is 5.84 Å². The second kappa shape index (κ2) is 4.68. The van der Waals surface area contributed by atoms with Crippen LogP contribution in [0.15, 0.2) is 6.20 Å². The standard InChI is InChI=1S/C6H14N6/c1-8-3-2-4-12(7)6-5-9-11-10-6/h5,8H,2-4,7H2,1H3,(H,9,10,11). The first-order valence-electron chi connectivity index (χ1n) is 3.87. The Morgan fingerprint density at radius 3 is 3.17 bits per heavy atom. The number of hydrogen-bond acceptors (Lipinski definition) is 5. The molecular weight excluding hydrogens is 156 g/mol. The Kier molecular flexibility index (Phi) is 3.49. The minimum atomic E-state index is 0.672. The van der Waals surface area contributed by atoms with Crippen LogP contribution in [0.5, 0.6) is 0 Å². The minimum absolute atomic E-state index is 0.672. The van der Waals surface area contributed by atoms with Crippen molar-refractivity contribution in [2.45, 2.75) is 6.42 Å². The molecule has 0 saturated heterocycles. The van der Waals surface area contributed by atoms with Crippen LogP contribution in [-0.4, -0.2) is 35.5 Å². The summed E-state index contributed by atoms with van der Waals surface area (Å²) < 4.78 is 0. The van der Waals surface area contributed by atoms with Crippen LogP contribution >= 0.6 is 0 Å². The number of H-pyrrole nitrogens is 1. The van der Waals surface area contributed by atoms with Gasteiger partial charge in [-0.2, -0.15) is 10.3 Å². The molecule has 0 saturated carbocycles. The molecule has 1 rings (SSSR count). The van der Waals surface area contributed by atoms with Crippen LogP contribution < -0.4 is 16.2 Å². The number of nitrogens with zero attached hydrogens (tertiary/aromatic N) is 3. The molecule has 6 heteroatoms. The van der Waals surface area contributed by atoms with E-state index in [4.69, 9.17) is 5.84 Å². The van der Waals surface area contributed by atoms with Crippen molar-refractivity contribution in [1.82, 2.24) is 20.7 Å². The molecule has 0 fully saturated rings. The van der Waals surface area contributed by atoms with Gasteiger partial charge in [-0.15, -0.1) is 5.10 Å². The number of nitrogens with two attached hydrogens (primary N) is 1. The summed E-state index contributed by atoms with van der Waals surface area (Å²) in [5.74, 6) is 6.34. The second-order valence-electron chi connectivity index (χ2n) is 2.48. The van der Waals surface area contributed by atoms with Crippen molar-refractivity contribution in [3.8, 4) is 0 Å². The van der Waals surface area contributed by atoms with E-state index >= 15 is 0 Å². The minimum Gasteiger partial charge on any atom is -0.320 e. The molecule has 0 unspecified atom stereocenters. The number of aromatic amines is 1. The molecule has 0 radical (unpaired) electrons. The van der Waals surface area contributed by atoms with Crippen molar-refractivity contribution in [3.05, 3.63) is 6.20 Å². The van der Waals surface area contributed by atoms with E-state index in [2.05, 4.69) is 20.7 Å². The molecule has 6 nitrogen and oxygen atoms in total. The SMILES string of the molecule is CNCCCN(N)c1cn[nH]n1. The zero-order valence-electron chi connectivity index (χ0n) is 7.12. The highest BCUT2D eigenvalue weighted by atomic mass is 15.5. The van der Waals surface area contributed by atoms with Gasteiger partial charge in [0.1, 0.15) is 0 Å². The van der Waals surface area contributed by atoms with Crippen LogP contribution in [0.3, 0.4) is 0 Å². The van der Waals surface area contributed by atoms with Crippen LogP contribution in [0, 0.1) is 0 Å². The number of anilines is 1. The average Bonchev–Trinajstić information content (AvgIpc) is 2.56. The molecule has 1 aromatic heterocycles. The van der Waals surface area contributed by atoms with Crippen molar-refractivity contribution in [1.29, 1.82) is 0 Å². The van der Waals surface area contributed by atoms with Crippen molar-refractivity contribution in [2.75, 3.05) is 25.1 Å². The topological polar surface area (TPSA) is 82.9 Å². The maximum atomic E-state index is 5.66. The van der Waals surface area contributed by atoms with Gasteiger partial charge >= 0.3 is 0 Å². The Hall–Kier alpha value is -1.14. The van der Waals surface area contributed by atoms with Crippen LogP contribution in [0.1, 0.15) is 6.42 Å². The highest BCUT2D eigenvalue weighted by Gasteiger charge is 2.02. The van der Waals surface area contributed by atoms with E-state index in [9.17, 15) is 0 Å². The predicted molar refractivity (Wildman–Crippen MR) is 46.5 cm³/mol. The molecule has 1 heterocycles. The Bertz CT molecular complexity index is 196. The van der Waals surface area contributed by atoms with E-state index in [1.165, 1.54) is 0 Å². The molecule has 0 aliphatic heterocycles. The van der Waals surface area contributed by atoms with Crippen LogP contribution in [0.2, 0.25) is 0 Å². The lowest BCUT2D eigenvalue weighted by atomic mass is 10.4. The van der Waals surface area contributed by atoms with Gasteiger partial charge in [0, 0.05) is 6.54 Å². The monoisotopic (exact) mass is 170 g/mol. The molecule has 0 amide bonds. The predicted octanol–water partition coefficient (Wildman–Crippen LogP) is -0.906. The van der Waals surface area contributed by atoms with Gasteiger partial charge in [0.25, 0.3) is 0 Å². The second-order valence-corrected chi connectivity index (χ2v) is 2.48. The summed E-state index contributed by atoms with van der Waals surface area (Å²) in [4.78, 5) is 0. The van der Waals surface area contributed by atoms with Gasteiger partial charge in [-0.3, -0.25) is 5.01 Å². The quantitative estimate of drug-likeness (QED) is 0.303. The Balaban J connectivity index is 2.25. The number of aromatic nitrogens is 3. The van der Waals surface area contributed by atoms with Gasteiger partial charge in [0.2, 0.25) is 0 Å². The zero-order chi connectivity index (χ0) is 8.81. The van der Waals surface area contributed by atoms with E-state index in [0.717, 1.165) is 19.5 Å². The van der Waals surface area contributed by atoms with Crippen molar-refractivity contribution < 1.29 is 0 Å². The van der Waals surface area contributed by atoms with E-state index < -0.39 is 0 Å². The first-order valence-corrected chi connectivity index (χ1v) is 3.87. The molecule has 0 aliphatic rings. The summed E-state index contributed by atoms with van der Waals surface area (Å²) in [5.41, 5.74) is 0. The molecule has 0 aliphatic carbocycles. The third-order valence-electron chi connectivity index (χ3n) is 1.52. The van der Waals surface area contributed by atoms with Gasteiger partial charge in [-0.1, -0.05) is 0 Å². The lowest BCUT2D eigenvalue weighted by Gasteiger charge is -2.13. The van der Waals surface area contributed by atoms with Crippen molar-refractivity contribution in [3.63, 3.8) is 0 Å². The molecule has 68 valence electrons. The molecule has 1 aromatic rings.